The van der Waals surface area contributed by atoms with E-state index in [1.807, 2.05) is 18.2 Å². The van der Waals surface area contributed by atoms with Gasteiger partial charge in [-0.1, -0.05) is 46.3 Å². The molecule has 1 aromatic rings. The SMILES string of the molecule is O=C(CBr)[C@@H]1C[C@H]1c1ccccc1. The summed E-state index contributed by atoms with van der Waals surface area (Å²) in [6, 6.07) is 10.3. The highest BCUT2D eigenvalue weighted by Crippen LogP contribution is 2.47. The lowest BCUT2D eigenvalue weighted by molar-refractivity contribution is -0.117. The van der Waals surface area contributed by atoms with Gasteiger partial charge in [0.25, 0.3) is 0 Å². The van der Waals surface area contributed by atoms with Gasteiger partial charge in [-0.3, -0.25) is 4.79 Å². The number of rotatable bonds is 3. The molecule has 0 heterocycles. The zero-order valence-electron chi connectivity index (χ0n) is 7.24. The molecular formula is C11H11BrO. The Kier molecular flexibility index (Phi) is 2.49. The van der Waals surface area contributed by atoms with Crippen LogP contribution in [0.4, 0.5) is 0 Å². The molecule has 0 radical (unpaired) electrons. The predicted octanol–water partition coefficient (Wildman–Crippen LogP) is 2.75. The van der Waals surface area contributed by atoms with Crippen molar-refractivity contribution in [1.82, 2.24) is 0 Å². The molecule has 2 rings (SSSR count). The van der Waals surface area contributed by atoms with Gasteiger partial charge in [0.2, 0.25) is 0 Å². The summed E-state index contributed by atoms with van der Waals surface area (Å²) in [5.74, 6) is 1.11. The molecule has 68 valence electrons. The van der Waals surface area contributed by atoms with E-state index in [-0.39, 0.29) is 5.92 Å². The van der Waals surface area contributed by atoms with E-state index in [1.54, 1.807) is 0 Å². The van der Waals surface area contributed by atoms with Crippen molar-refractivity contribution in [2.45, 2.75) is 12.3 Å². The van der Waals surface area contributed by atoms with Gasteiger partial charge in [0.1, 0.15) is 5.78 Å². The van der Waals surface area contributed by atoms with Crippen LogP contribution in [0.2, 0.25) is 0 Å². The van der Waals surface area contributed by atoms with E-state index < -0.39 is 0 Å². The Morgan fingerprint density at radius 2 is 2.08 bits per heavy atom. The molecule has 1 saturated carbocycles. The van der Waals surface area contributed by atoms with Crippen molar-refractivity contribution in [1.29, 1.82) is 0 Å². The Bertz CT molecular complexity index is 307. The summed E-state index contributed by atoms with van der Waals surface area (Å²) in [6.07, 6.45) is 1.04. The van der Waals surface area contributed by atoms with Crippen molar-refractivity contribution in [3.05, 3.63) is 35.9 Å². The van der Waals surface area contributed by atoms with Crippen LogP contribution in [0.5, 0.6) is 0 Å². The van der Waals surface area contributed by atoms with Crippen LogP contribution in [0.25, 0.3) is 0 Å². The number of Topliss-reactive ketones (excluding diaryl/α,β-unsaturated/α-hetero) is 1. The van der Waals surface area contributed by atoms with E-state index in [2.05, 4.69) is 28.1 Å². The maximum atomic E-state index is 11.3. The van der Waals surface area contributed by atoms with Crippen molar-refractivity contribution in [2.75, 3.05) is 5.33 Å². The lowest BCUT2D eigenvalue weighted by atomic mass is 10.1. The Morgan fingerprint density at radius 1 is 1.38 bits per heavy atom. The molecule has 13 heavy (non-hydrogen) atoms. The molecule has 1 aliphatic rings. The van der Waals surface area contributed by atoms with Crippen LogP contribution >= 0.6 is 15.9 Å². The van der Waals surface area contributed by atoms with Gasteiger partial charge in [0, 0.05) is 5.92 Å². The summed E-state index contributed by atoms with van der Waals surface area (Å²) in [7, 11) is 0. The zero-order valence-corrected chi connectivity index (χ0v) is 8.83. The Balaban J connectivity index is 2.04. The number of halogens is 1. The van der Waals surface area contributed by atoms with Crippen LogP contribution in [0, 0.1) is 5.92 Å². The summed E-state index contributed by atoms with van der Waals surface area (Å²) >= 11 is 3.21. The minimum atomic E-state index is 0.279. The van der Waals surface area contributed by atoms with Gasteiger partial charge in [-0.05, 0) is 17.9 Å². The lowest BCUT2D eigenvalue weighted by Gasteiger charge is -1.97. The van der Waals surface area contributed by atoms with Gasteiger partial charge in [0.05, 0.1) is 5.33 Å². The topological polar surface area (TPSA) is 17.1 Å². The van der Waals surface area contributed by atoms with E-state index in [4.69, 9.17) is 0 Å². The minimum absolute atomic E-state index is 0.279. The van der Waals surface area contributed by atoms with Gasteiger partial charge in [-0.15, -0.1) is 0 Å². The van der Waals surface area contributed by atoms with Crippen molar-refractivity contribution in [2.24, 2.45) is 5.92 Å². The van der Waals surface area contributed by atoms with Gasteiger partial charge >= 0.3 is 0 Å². The molecule has 1 aliphatic carbocycles. The van der Waals surface area contributed by atoms with Gasteiger partial charge in [-0.25, -0.2) is 0 Å². The van der Waals surface area contributed by atoms with Crippen LogP contribution in [0.15, 0.2) is 30.3 Å². The second-order valence-electron chi connectivity index (χ2n) is 3.46. The van der Waals surface area contributed by atoms with Gasteiger partial charge in [-0.2, -0.15) is 0 Å². The van der Waals surface area contributed by atoms with E-state index in [1.165, 1.54) is 5.56 Å². The molecule has 1 fully saturated rings. The average Bonchev–Trinajstić information content (AvgIpc) is 2.98. The predicted molar refractivity (Wildman–Crippen MR) is 56.1 cm³/mol. The van der Waals surface area contributed by atoms with E-state index in [0.29, 0.717) is 17.0 Å². The Labute approximate surface area is 86.3 Å². The van der Waals surface area contributed by atoms with Gasteiger partial charge in [0.15, 0.2) is 0 Å². The first-order valence-corrected chi connectivity index (χ1v) is 5.58. The summed E-state index contributed by atoms with van der Waals surface area (Å²) in [5, 5.41) is 0.501. The molecule has 0 amide bonds. The number of hydrogen-bond acceptors (Lipinski definition) is 1. The van der Waals surface area contributed by atoms with Gasteiger partial charge < -0.3 is 0 Å². The Hall–Kier alpha value is -0.630. The normalized spacial score (nSPS) is 25.6. The monoisotopic (exact) mass is 238 g/mol. The standard InChI is InChI=1S/C11H11BrO/c12-7-11(13)10-6-9(10)8-4-2-1-3-5-8/h1-5,9-10H,6-7H2/t9-,10+/m0/s1. The first-order chi connectivity index (χ1) is 6.33. The van der Waals surface area contributed by atoms with Crippen molar-refractivity contribution in [3.8, 4) is 0 Å². The maximum absolute atomic E-state index is 11.3. The first kappa shape index (κ1) is 8.95. The summed E-state index contributed by atoms with van der Waals surface area (Å²) in [6.45, 7) is 0. The van der Waals surface area contributed by atoms with Crippen molar-refractivity contribution < 1.29 is 4.79 Å². The molecular weight excluding hydrogens is 228 g/mol. The lowest BCUT2D eigenvalue weighted by Crippen LogP contribution is -2.02. The summed E-state index contributed by atoms with van der Waals surface area (Å²) < 4.78 is 0. The van der Waals surface area contributed by atoms with Crippen molar-refractivity contribution >= 4 is 21.7 Å². The second-order valence-corrected chi connectivity index (χ2v) is 4.02. The molecule has 1 aromatic carbocycles. The maximum Gasteiger partial charge on any atom is 0.147 e. The largest absolute Gasteiger partial charge is 0.298 e. The highest BCUT2D eigenvalue weighted by Gasteiger charge is 2.42. The fourth-order valence-corrected chi connectivity index (χ4v) is 2.13. The smallest absolute Gasteiger partial charge is 0.147 e. The van der Waals surface area contributed by atoms with Crippen LogP contribution in [0.1, 0.15) is 17.9 Å². The molecule has 0 unspecified atom stereocenters. The fourth-order valence-electron chi connectivity index (χ4n) is 1.72. The Morgan fingerprint density at radius 3 is 2.69 bits per heavy atom. The van der Waals surface area contributed by atoms with E-state index >= 15 is 0 Å². The van der Waals surface area contributed by atoms with Crippen LogP contribution in [0.3, 0.4) is 0 Å². The quantitative estimate of drug-likeness (QED) is 0.741. The summed E-state index contributed by atoms with van der Waals surface area (Å²) in [5.41, 5.74) is 1.31. The molecule has 2 heteroatoms. The zero-order chi connectivity index (χ0) is 9.26. The van der Waals surface area contributed by atoms with Crippen LogP contribution in [-0.2, 0) is 4.79 Å². The van der Waals surface area contributed by atoms with E-state index in [9.17, 15) is 4.79 Å². The molecule has 0 bridgehead atoms. The van der Waals surface area contributed by atoms with Crippen LogP contribution in [-0.4, -0.2) is 11.1 Å². The number of carbonyl (C=O) groups is 1. The summed E-state index contributed by atoms with van der Waals surface area (Å²) in [4.78, 5) is 11.3. The highest BCUT2D eigenvalue weighted by molar-refractivity contribution is 9.09. The second kappa shape index (κ2) is 3.62. The molecule has 0 saturated heterocycles. The third kappa shape index (κ3) is 1.83. The average molecular weight is 239 g/mol. The first-order valence-electron chi connectivity index (χ1n) is 4.46. The van der Waals surface area contributed by atoms with Crippen LogP contribution < -0.4 is 0 Å². The number of ketones is 1. The molecule has 1 nitrogen and oxygen atoms in total. The number of benzene rings is 1. The van der Waals surface area contributed by atoms with E-state index in [0.717, 1.165) is 6.42 Å². The van der Waals surface area contributed by atoms with Crippen molar-refractivity contribution in [3.63, 3.8) is 0 Å². The molecule has 0 N–H and O–H groups in total. The number of hydrogen-bond donors (Lipinski definition) is 0. The molecule has 0 aliphatic heterocycles. The highest BCUT2D eigenvalue weighted by atomic mass is 79.9. The molecule has 0 aromatic heterocycles. The number of carbonyl (C=O) groups excluding carboxylic acids is 1. The third-order valence-electron chi connectivity index (χ3n) is 2.56. The minimum Gasteiger partial charge on any atom is -0.298 e. The fraction of sp³-hybridized carbons (Fsp3) is 0.364. The third-order valence-corrected chi connectivity index (χ3v) is 3.12. The number of alkyl halides is 1. The molecule has 2 atom stereocenters. The molecule has 0 spiro atoms.